The summed E-state index contributed by atoms with van der Waals surface area (Å²) in [4.78, 5) is 28.1. The minimum Gasteiger partial charge on any atom is -0.338 e. The molecule has 0 saturated heterocycles. The van der Waals surface area contributed by atoms with E-state index in [-0.39, 0.29) is 11.2 Å². The van der Waals surface area contributed by atoms with E-state index in [9.17, 15) is 9.59 Å². The Labute approximate surface area is 110 Å². The van der Waals surface area contributed by atoms with Crippen molar-refractivity contribution in [1.82, 2.24) is 18.7 Å². The fourth-order valence-electron chi connectivity index (χ4n) is 2.02. The standard InChI is InChI=1S/C13H18N4O2/c1-3-7-16-8-5-12(18)17(13(16)19)9-4-11-14-6-10-15(11)2/h5-6,8,10H,3-4,7,9H2,1-2H3. The van der Waals surface area contributed by atoms with E-state index >= 15 is 0 Å². The van der Waals surface area contributed by atoms with Gasteiger partial charge in [0.05, 0.1) is 0 Å². The molecule has 19 heavy (non-hydrogen) atoms. The van der Waals surface area contributed by atoms with Gasteiger partial charge in [-0.15, -0.1) is 0 Å². The molecule has 2 aromatic rings. The molecule has 0 saturated carbocycles. The topological polar surface area (TPSA) is 61.8 Å². The van der Waals surface area contributed by atoms with Crippen LogP contribution in [0.1, 0.15) is 19.2 Å². The molecule has 0 aliphatic carbocycles. The largest absolute Gasteiger partial charge is 0.338 e. The van der Waals surface area contributed by atoms with E-state index in [2.05, 4.69) is 4.98 Å². The molecule has 0 aliphatic rings. The summed E-state index contributed by atoms with van der Waals surface area (Å²) in [5, 5.41) is 0. The third-order valence-electron chi connectivity index (χ3n) is 3.08. The third kappa shape index (κ3) is 2.83. The molecule has 2 heterocycles. The zero-order chi connectivity index (χ0) is 13.8. The van der Waals surface area contributed by atoms with Crippen molar-refractivity contribution in [3.05, 3.63) is 51.3 Å². The molecule has 0 amide bonds. The van der Waals surface area contributed by atoms with E-state index in [1.54, 1.807) is 17.0 Å². The molecule has 2 rings (SSSR count). The summed E-state index contributed by atoms with van der Waals surface area (Å²) in [6, 6.07) is 1.44. The lowest BCUT2D eigenvalue weighted by Crippen LogP contribution is -2.39. The zero-order valence-electron chi connectivity index (χ0n) is 11.2. The third-order valence-corrected chi connectivity index (χ3v) is 3.08. The van der Waals surface area contributed by atoms with Crippen molar-refractivity contribution in [3.63, 3.8) is 0 Å². The molecule has 2 aromatic heterocycles. The van der Waals surface area contributed by atoms with Gasteiger partial charge in [0.2, 0.25) is 0 Å². The number of hydrogen-bond donors (Lipinski definition) is 0. The molecule has 102 valence electrons. The first-order valence-corrected chi connectivity index (χ1v) is 6.40. The van der Waals surface area contributed by atoms with E-state index in [4.69, 9.17) is 0 Å². The Kier molecular flexibility index (Phi) is 3.99. The van der Waals surface area contributed by atoms with Gasteiger partial charge < -0.3 is 9.13 Å². The van der Waals surface area contributed by atoms with Gasteiger partial charge in [0.25, 0.3) is 5.56 Å². The Morgan fingerprint density at radius 3 is 2.63 bits per heavy atom. The Hall–Kier alpha value is -2.11. The van der Waals surface area contributed by atoms with Gasteiger partial charge in [-0.3, -0.25) is 9.36 Å². The molecular formula is C13H18N4O2. The normalized spacial score (nSPS) is 10.8. The van der Waals surface area contributed by atoms with Crippen LogP contribution < -0.4 is 11.2 Å². The van der Waals surface area contributed by atoms with Gasteiger partial charge in [0.15, 0.2) is 0 Å². The maximum Gasteiger partial charge on any atom is 0.330 e. The van der Waals surface area contributed by atoms with Crippen molar-refractivity contribution >= 4 is 0 Å². The lowest BCUT2D eigenvalue weighted by Gasteiger charge is -2.08. The van der Waals surface area contributed by atoms with Crippen molar-refractivity contribution in [2.24, 2.45) is 7.05 Å². The summed E-state index contributed by atoms with van der Waals surface area (Å²) in [6.45, 7) is 2.98. The highest BCUT2D eigenvalue weighted by Gasteiger charge is 2.06. The Morgan fingerprint density at radius 2 is 2.00 bits per heavy atom. The van der Waals surface area contributed by atoms with Gasteiger partial charge >= 0.3 is 5.69 Å². The quantitative estimate of drug-likeness (QED) is 0.783. The van der Waals surface area contributed by atoms with Crippen LogP contribution in [0.5, 0.6) is 0 Å². The predicted octanol–water partition coefficient (Wildman–Crippen LogP) is 0.396. The molecule has 6 nitrogen and oxygen atoms in total. The highest BCUT2D eigenvalue weighted by Crippen LogP contribution is 1.96. The van der Waals surface area contributed by atoms with Crippen LogP contribution in [0, 0.1) is 0 Å². The molecule has 0 spiro atoms. The fraction of sp³-hybridized carbons (Fsp3) is 0.462. The minimum atomic E-state index is -0.258. The molecule has 0 aliphatic heterocycles. The van der Waals surface area contributed by atoms with Gasteiger partial charge in [-0.25, -0.2) is 9.78 Å². The minimum absolute atomic E-state index is 0.247. The zero-order valence-corrected chi connectivity index (χ0v) is 11.2. The number of aromatic nitrogens is 4. The van der Waals surface area contributed by atoms with E-state index in [1.807, 2.05) is 24.7 Å². The van der Waals surface area contributed by atoms with Crippen LogP contribution in [-0.2, 0) is 26.6 Å². The van der Waals surface area contributed by atoms with Gasteiger partial charge in [0.1, 0.15) is 5.82 Å². The van der Waals surface area contributed by atoms with Gasteiger partial charge in [-0.2, -0.15) is 0 Å². The van der Waals surface area contributed by atoms with Crippen molar-refractivity contribution < 1.29 is 0 Å². The number of hydrogen-bond acceptors (Lipinski definition) is 3. The van der Waals surface area contributed by atoms with Gasteiger partial charge in [0, 0.05) is 51.2 Å². The van der Waals surface area contributed by atoms with E-state index in [1.165, 1.54) is 10.6 Å². The first-order chi connectivity index (χ1) is 9.13. The van der Waals surface area contributed by atoms with E-state index in [0.29, 0.717) is 19.5 Å². The van der Waals surface area contributed by atoms with Crippen molar-refractivity contribution in [2.75, 3.05) is 0 Å². The lowest BCUT2D eigenvalue weighted by molar-refractivity contribution is 0.536. The molecule has 0 bridgehead atoms. The summed E-state index contributed by atoms with van der Waals surface area (Å²) >= 11 is 0. The van der Waals surface area contributed by atoms with Gasteiger partial charge in [-0.05, 0) is 6.42 Å². The van der Waals surface area contributed by atoms with Crippen LogP contribution in [-0.4, -0.2) is 18.7 Å². The molecule has 0 N–H and O–H groups in total. The number of nitrogens with zero attached hydrogens (tertiary/aromatic N) is 4. The SMILES string of the molecule is CCCn1ccc(=O)n(CCc2nccn2C)c1=O. The van der Waals surface area contributed by atoms with E-state index < -0.39 is 0 Å². The van der Waals surface area contributed by atoms with Crippen molar-refractivity contribution in [2.45, 2.75) is 32.9 Å². The summed E-state index contributed by atoms with van der Waals surface area (Å²) in [5.74, 6) is 0.859. The number of aryl methyl sites for hydroxylation is 3. The van der Waals surface area contributed by atoms with Crippen LogP contribution in [0.15, 0.2) is 34.2 Å². The second-order valence-electron chi connectivity index (χ2n) is 4.49. The van der Waals surface area contributed by atoms with Gasteiger partial charge in [-0.1, -0.05) is 6.92 Å². The highest BCUT2D eigenvalue weighted by molar-refractivity contribution is 4.92. The summed E-state index contributed by atoms with van der Waals surface area (Å²) in [7, 11) is 1.89. The summed E-state index contributed by atoms with van der Waals surface area (Å²) in [6.07, 6.45) is 6.54. The van der Waals surface area contributed by atoms with Crippen LogP contribution in [0.2, 0.25) is 0 Å². The summed E-state index contributed by atoms with van der Waals surface area (Å²) in [5.41, 5.74) is -0.505. The molecule has 0 fully saturated rings. The highest BCUT2D eigenvalue weighted by atomic mass is 16.2. The van der Waals surface area contributed by atoms with Crippen LogP contribution in [0.4, 0.5) is 0 Å². The average Bonchev–Trinajstić information content (AvgIpc) is 2.79. The summed E-state index contributed by atoms with van der Waals surface area (Å²) < 4.78 is 4.72. The second-order valence-corrected chi connectivity index (χ2v) is 4.49. The maximum absolute atomic E-state index is 12.1. The van der Waals surface area contributed by atoms with Crippen molar-refractivity contribution in [1.29, 1.82) is 0 Å². The Bertz CT molecular complexity index is 666. The lowest BCUT2D eigenvalue weighted by atomic mass is 10.4. The first-order valence-electron chi connectivity index (χ1n) is 6.40. The average molecular weight is 262 g/mol. The Morgan fingerprint density at radius 1 is 1.21 bits per heavy atom. The maximum atomic E-state index is 12.1. The van der Waals surface area contributed by atoms with Crippen LogP contribution in [0.25, 0.3) is 0 Å². The van der Waals surface area contributed by atoms with Crippen molar-refractivity contribution in [3.8, 4) is 0 Å². The Balaban J connectivity index is 2.25. The molecule has 6 heteroatoms. The molecule has 0 aromatic carbocycles. The number of rotatable bonds is 5. The molecular weight excluding hydrogens is 244 g/mol. The molecule has 0 radical (unpaired) electrons. The predicted molar refractivity (Wildman–Crippen MR) is 72.2 cm³/mol. The van der Waals surface area contributed by atoms with Crippen LogP contribution >= 0.6 is 0 Å². The smallest absolute Gasteiger partial charge is 0.330 e. The number of imidazole rings is 1. The first kappa shape index (κ1) is 13.3. The molecule has 0 atom stereocenters. The second kappa shape index (κ2) is 5.69. The molecule has 0 unspecified atom stereocenters. The monoisotopic (exact) mass is 262 g/mol. The fourth-order valence-corrected chi connectivity index (χ4v) is 2.02. The van der Waals surface area contributed by atoms with Crippen LogP contribution in [0.3, 0.4) is 0 Å². The van der Waals surface area contributed by atoms with E-state index in [0.717, 1.165) is 12.2 Å².